The van der Waals surface area contributed by atoms with E-state index < -0.39 is 224 Å². The number of H-pyrrole nitrogens is 1. The Balaban J connectivity index is 3.19. The Hall–Kier alpha value is -9.08. The number of carboxylic acid groups (broad SMARTS) is 1. The monoisotopic (exact) mass is 1520 g/mol. The molecule has 15 amide bonds. The van der Waals surface area contributed by atoms with Crippen molar-refractivity contribution in [2.24, 2.45) is 52.9 Å². The highest BCUT2D eigenvalue weighted by Crippen LogP contribution is 2.14. The van der Waals surface area contributed by atoms with Crippen molar-refractivity contribution in [3.05, 3.63) is 18.2 Å². The molecule has 1 rings (SSSR count). The minimum absolute atomic E-state index is 0.0573. The molecule has 0 aliphatic heterocycles. The summed E-state index contributed by atoms with van der Waals surface area (Å²) in [7, 11) is 0. The molecule has 23 N–H and O–H groups in total. The van der Waals surface area contributed by atoms with Crippen LogP contribution in [0.3, 0.4) is 0 Å². The summed E-state index contributed by atoms with van der Waals surface area (Å²) in [6.45, 7) is 21.0. The summed E-state index contributed by atoms with van der Waals surface area (Å²) < 4.78 is 0. The molecule has 0 aliphatic carbocycles. The van der Waals surface area contributed by atoms with Gasteiger partial charge in [-0.05, 0) is 80.5 Å². The van der Waals surface area contributed by atoms with Crippen molar-refractivity contribution in [3.8, 4) is 0 Å². The van der Waals surface area contributed by atoms with E-state index in [1.54, 1.807) is 69.2 Å². The lowest BCUT2D eigenvalue weighted by Gasteiger charge is -2.29. The number of nitrogens with zero attached hydrogens (tertiary/aromatic N) is 1. The number of hydrogen-bond donors (Lipinski definition) is 22. The number of aliphatic hydroxyl groups excluding tert-OH is 3. The molecular weight excluding hydrogens is 1410 g/mol. The van der Waals surface area contributed by atoms with Gasteiger partial charge in [0, 0.05) is 30.5 Å². The highest BCUT2D eigenvalue weighted by Gasteiger charge is 2.38. The molecule has 0 fully saturated rings. The van der Waals surface area contributed by atoms with E-state index in [1.807, 2.05) is 13.8 Å². The van der Waals surface area contributed by atoms with Gasteiger partial charge in [0.25, 0.3) is 0 Å². The number of imidazole rings is 1. The standard InChI is InChI=1S/C67H116N18O20S/c1-30(2)18-40(57(94)73-37(15)54(91)84-52(35(11)12)65(102)81-45(25-86)55(92)71-24-50(90)74-39(16-17-49(68)89)56(93)79-44(67(104)105)22-38-23-70-29-72-38)76-61(98)46(26-87)80-59(96)41(19-31(3)4)77-62(99)47(27-88)82-66(103)53(36(13)14)85-63(100)48(28-106)83-60(97)42(20-32(5)6)75-58(95)43(21-33(7)8)78-64(101)51(69)34(9)10/h23,29-37,39-48,51-53,86-88,106H,16-22,24-28,69H2,1-15H3,(H2,68,89)(H,70,72)(H,71,92)(H,73,94)(H,74,90)(H,75,95)(H,76,98)(H,77,99)(H,78,101)(H,79,93)(H,80,96)(H,81,102)(H,82,103)(H,83,97)(H,84,91)(H,85,100)(H,104,105)/t37-,39-,40-,41-,42-,43-,44-,45-,46-,47-,48-,51-,52-,53-/m0/s1. The molecule has 0 saturated heterocycles. The summed E-state index contributed by atoms with van der Waals surface area (Å²) in [6, 6.07) is -20.0. The Morgan fingerprint density at radius 1 is 0.415 bits per heavy atom. The quantitative estimate of drug-likeness (QED) is 0.0270. The molecule has 0 bridgehead atoms. The first kappa shape index (κ1) is 94.9. The molecule has 14 atom stereocenters. The molecule has 39 heteroatoms. The molecule has 1 aromatic heterocycles. The van der Waals surface area contributed by atoms with Gasteiger partial charge in [-0.1, -0.05) is 96.9 Å². The molecule has 0 saturated carbocycles. The van der Waals surface area contributed by atoms with Crippen LogP contribution in [0.15, 0.2) is 12.5 Å². The molecule has 600 valence electrons. The number of aliphatic carboxylic acids is 1. The minimum Gasteiger partial charge on any atom is -0.480 e. The van der Waals surface area contributed by atoms with Crippen molar-refractivity contribution < 1.29 is 97.1 Å². The molecular formula is C67H116N18O20S. The topological polar surface area (TPSA) is 603 Å². The average Bonchev–Trinajstić information content (AvgIpc) is 0.950. The van der Waals surface area contributed by atoms with Crippen LogP contribution in [0.25, 0.3) is 0 Å². The van der Waals surface area contributed by atoms with Crippen LogP contribution < -0.4 is 85.9 Å². The first-order valence-electron chi connectivity index (χ1n) is 35.3. The first-order valence-corrected chi connectivity index (χ1v) is 35.9. The van der Waals surface area contributed by atoms with Gasteiger partial charge in [0.2, 0.25) is 88.6 Å². The van der Waals surface area contributed by atoms with Gasteiger partial charge in [-0.15, -0.1) is 0 Å². The van der Waals surface area contributed by atoms with Crippen molar-refractivity contribution in [1.29, 1.82) is 0 Å². The maximum atomic E-state index is 14.0. The number of carbonyl (C=O) groups is 16. The number of aromatic nitrogens is 2. The lowest BCUT2D eigenvalue weighted by molar-refractivity contribution is -0.142. The highest BCUT2D eigenvalue weighted by atomic mass is 32.1. The van der Waals surface area contributed by atoms with Crippen LogP contribution >= 0.6 is 12.6 Å². The second-order valence-corrected chi connectivity index (χ2v) is 29.1. The van der Waals surface area contributed by atoms with E-state index in [2.05, 4.69) is 97.0 Å². The number of thiol groups is 1. The smallest absolute Gasteiger partial charge is 0.326 e. The van der Waals surface area contributed by atoms with Gasteiger partial charge in [0.1, 0.15) is 78.5 Å². The van der Waals surface area contributed by atoms with Gasteiger partial charge < -0.3 is 111 Å². The van der Waals surface area contributed by atoms with Crippen molar-refractivity contribution in [2.45, 2.75) is 233 Å². The summed E-state index contributed by atoms with van der Waals surface area (Å²) in [5.74, 6) is -18.1. The highest BCUT2D eigenvalue weighted by molar-refractivity contribution is 7.80. The fourth-order valence-corrected chi connectivity index (χ4v) is 10.5. The third-order valence-corrected chi connectivity index (χ3v) is 16.6. The van der Waals surface area contributed by atoms with Gasteiger partial charge in [-0.3, -0.25) is 71.9 Å². The van der Waals surface area contributed by atoms with Crippen molar-refractivity contribution >= 4 is 107 Å². The van der Waals surface area contributed by atoms with Gasteiger partial charge >= 0.3 is 5.97 Å². The predicted molar refractivity (Wildman–Crippen MR) is 388 cm³/mol. The summed E-state index contributed by atoms with van der Waals surface area (Å²) in [6.07, 6.45) is 1.76. The summed E-state index contributed by atoms with van der Waals surface area (Å²) in [5, 5.41) is 74.8. The van der Waals surface area contributed by atoms with Gasteiger partial charge in [0.05, 0.1) is 38.7 Å². The number of carbonyl (C=O) groups excluding carboxylic acids is 15. The molecule has 0 radical (unpaired) electrons. The minimum atomic E-state index is -1.77. The molecule has 38 nitrogen and oxygen atoms in total. The van der Waals surface area contributed by atoms with E-state index in [0.717, 1.165) is 0 Å². The summed E-state index contributed by atoms with van der Waals surface area (Å²) in [4.78, 5) is 221. The number of hydrogen-bond acceptors (Lipinski definition) is 22. The lowest BCUT2D eigenvalue weighted by Crippen LogP contribution is -2.62. The zero-order valence-corrected chi connectivity index (χ0v) is 64.0. The van der Waals surface area contributed by atoms with Gasteiger partial charge in [0.15, 0.2) is 0 Å². The van der Waals surface area contributed by atoms with Crippen molar-refractivity contribution in [3.63, 3.8) is 0 Å². The Morgan fingerprint density at radius 3 is 1.11 bits per heavy atom. The predicted octanol–water partition coefficient (Wildman–Crippen LogP) is -5.87. The molecule has 1 heterocycles. The molecule has 0 spiro atoms. The van der Waals surface area contributed by atoms with E-state index in [-0.39, 0.29) is 73.9 Å². The number of aliphatic hydroxyl groups is 3. The molecule has 0 aliphatic rings. The van der Waals surface area contributed by atoms with Crippen LogP contribution in [-0.2, 0) is 83.1 Å². The van der Waals surface area contributed by atoms with Gasteiger partial charge in [-0.25, -0.2) is 9.78 Å². The number of primary amides is 1. The summed E-state index contributed by atoms with van der Waals surface area (Å²) in [5.41, 5.74) is 11.6. The third-order valence-electron chi connectivity index (χ3n) is 16.2. The SMILES string of the molecule is CC(C)C[C@H](NC(=O)[C@H](CO)NC(=O)[C@H](CC(C)C)NC(=O)[C@H](CO)NC(=O)[C@@H](NC(=O)[C@H](CS)NC(=O)[C@H](CC(C)C)NC(=O)[C@H](CC(C)C)NC(=O)[C@@H](N)C(C)C)C(C)C)C(=O)N[C@@H](C)C(=O)N[C@H](C(=O)N[C@@H](CO)C(=O)NCC(=O)N[C@@H](CCC(N)=O)C(=O)N[C@@H](Cc1cnc[nH]1)C(=O)O)C(C)C. The Kier molecular flexibility index (Phi) is 42.5. The molecule has 0 unspecified atom stereocenters. The van der Waals surface area contributed by atoms with Crippen LogP contribution in [0.1, 0.15) is 148 Å². The zero-order chi connectivity index (χ0) is 81.2. The number of carboxylic acids is 1. The fraction of sp³-hybridized carbons (Fsp3) is 0.716. The Bertz CT molecular complexity index is 3120. The lowest BCUT2D eigenvalue weighted by atomic mass is 9.98. The van der Waals surface area contributed by atoms with E-state index in [1.165, 1.54) is 33.3 Å². The number of nitrogens with two attached hydrogens (primary N) is 2. The molecule has 1 aromatic rings. The Morgan fingerprint density at radius 2 is 0.755 bits per heavy atom. The summed E-state index contributed by atoms with van der Waals surface area (Å²) >= 11 is 4.27. The van der Waals surface area contributed by atoms with E-state index in [4.69, 9.17) is 11.5 Å². The zero-order valence-electron chi connectivity index (χ0n) is 63.1. The Labute approximate surface area is 623 Å². The maximum Gasteiger partial charge on any atom is 0.326 e. The largest absolute Gasteiger partial charge is 0.480 e. The fourth-order valence-electron chi connectivity index (χ4n) is 10.2. The number of amides is 15. The molecule has 106 heavy (non-hydrogen) atoms. The van der Waals surface area contributed by atoms with Crippen LogP contribution in [0.2, 0.25) is 0 Å². The van der Waals surface area contributed by atoms with Crippen molar-refractivity contribution in [1.82, 2.24) is 84.4 Å². The second kappa shape index (κ2) is 47.5. The second-order valence-electron chi connectivity index (χ2n) is 28.7. The number of nitrogens with one attached hydrogen (secondary N) is 15. The van der Waals surface area contributed by atoms with Crippen LogP contribution in [0.5, 0.6) is 0 Å². The van der Waals surface area contributed by atoms with E-state index in [9.17, 15) is 97.1 Å². The third kappa shape index (κ3) is 34.4. The van der Waals surface area contributed by atoms with Crippen LogP contribution in [-0.4, -0.2) is 242 Å². The average molecular weight is 1530 g/mol. The molecule has 0 aromatic carbocycles. The number of aromatic amines is 1. The normalized spacial score (nSPS) is 15.4. The number of rotatable bonds is 49. The van der Waals surface area contributed by atoms with E-state index in [0.29, 0.717) is 5.69 Å². The van der Waals surface area contributed by atoms with Crippen LogP contribution in [0, 0.1) is 41.4 Å². The van der Waals surface area contributed by atoms with E-state index >= 15 is 0 Å². The van der Waals surface area contributed by atoms with Crippen molar-refractivity contribution in [2.75, 3.05) is 32.1 Å². The van der Waals surface area contributed by atoms with Crippen LogP contribution in [0.4, 0.5) is 0 Å². The first-order chi connectivity index (χ1) is 49.4. The van der Waals surface area contributed by atoms with Gasteiger partial charge in [-0.2, -0.15) is 12.6 Å². The maximum absolute atomic E-state index is 14.0.